The molecule has 112 valence electrons. The predicted octanol–water partition coefficient (Wildman–Crippen LogP) is 3.14. The molecule has 3 nitrogen and oxygen atoms in total. The molecule has 1 fully saturated rings. The van der Waals surface area contributed by atoms with Gasteiger partial charge in [0.15, 0.2) is 0 Å². The Hall–Kier alpha value is -0.880. The Labute approximate surface area is 122 Å². The maximum Gasteiger partial charge on any atom is 0.341 e. The zero-order valence-corrected chi connectivity index (χ0v) is 12.4. The Balaban J connectivity index is 2.10. The molecule has 0 aliphatic carbocycles. The van der Waals surface area contributed by atoms with Crippen molar-refractivity contribution < 1.29 is 17.2 Å². The Morgan fingerprint density at radius 1 is 1.30 bits per heavy atom. The molecule has 1 unspecified atom stereocenters. The third kappa shape index (κ3) is 3.23. The molecule has 0 amide bonds. The van der Waals surface area contributed by atoms with Crippen molar-refractivity contribution in [2.24, 2.45) is 5.92 Å². The molecule has 1 atom stereocenters. The lowest BCUT2D eigenvalue weighted by Crippen LogP contribution is -2.20. The zero-order valence-electron chi connectivity index (χ0n) is 10.8. The van der Waals surface area contributed by atoms with Crippen molar-refractivity contribution in [3.8, 4) is 0 Å². The standard InChI is InChI=1S/C13H16ClF2NO2S/c14-7-5-10-6-8-17(9-10)11-1-3-12(4-2-11)20(18,19)13(15)16/h1-4,10,13H,5-9H2. The van der Waals surface area contributed by atoms with Crippen LogP contribution >= 0.6 is 11.6 Å². The number of alkyl halides is 3. The molecule has 1 aliphatic heterocycles. The first-order valence-corrected chi connectivity index (χ1v) is 8.46. The van der Waals surface area contributed by atoms with Crippen LogP contribution in [-0.4, -0.2) is 33.1 Å². The number of sulfone groups is 1. The molecule has 0 spiro atoms. The van der Waals surface area contributed by atoms with E-state index in [0.29, 0.717) is 11.8 Å². The maximum atomic E-state index is 12.4. The van der Waals surface area contributed by atoms with Gasteiger partial charge in [-0.1, -0.05) is 0 Å². The Kier molecular flexibility index (Phi) is 4.86. The average molecular weight is 324 g/mol. The largest absolute Gasteiger partial charge is 0.371 e. The van der Waals surface area contributed by atoms with Crippen LogP contribution < -0.4 is 4.90 Å². The first-order chi connectivity index (χ1) is 9.45. The van der Waals surface area contributed by atoms with Crippen molar-refractivity contribution in [1.29, 1.82) is 0 Å². The van der Waals surface area contributed by atoms with E-state index >= 15 is 0 Å². The monoisotopic (exact) mass is 323 g/mol. The molecule has 2 rings (SSSR count). The van der Waals surface area contributed by atoms with Crippen molar-refractivity contribution in [3.05, 3.63) is 24.3 Å². The number of nitrogens with zero attached hydrogens (tertiary/aromatic N) is 1. The third-order valence-corrected chi connectivity index (χ3v) is 5.18. The molecule has 0 radical (unpaired) electrons. The van der Waals surface area contributed by atoms with Crippen molar-refractivity contribution in [2.45, 2.75) is 23.5 Å². The quantitative estimate of drug-likeness (QED) is 0.781. The van der Waals surface area contributed by atoms with Crippen LogP contribution in [0, 0.1) is 5.92 Å². The van der Waals surface area contributed by atoms with Crippen LogP contribution in [0.2, 0.25) is 0 Å². The SMILES string of the molecule is O=S(=O)(c1ccc(N2CCC(CCCl)C2)cc1)C(F)F. The van der Waals surface area contributed by atoms with Crippen LogP contribution in [0.1, 0.15) is 12.8 Å². The molecular formula is C13H16ClF2NO2S. The van der Waals surface area contributed by atoms with E-state index < -0.39 is 15.6 Å². The second-order valence-corrected chi connectivity index (χ2v) is 7.17. The van der Waals surface area contributed by atoms with Gasteiger partial charge in [0.1, 0.15) is 0 Å². The van der Waals surface area contributed by atoms with Gasteiger partial charge in [-0.05, 0) is 43.0 Å². The molecular weight excluding hydrogens is 308 g/mol. The lowest BCUT2D eigenvalue weighted by Gasteiger charge is -2.19. The van der Waals surface area contributed by atoms with Gasteiger partial charge >= 0.3 is 5.76 Å². The molecule has 1 aromatic carbocycles. The average Bonchev–Trinajstić information content (AvgIpc) is 2.88. The number of rotatable bonds is 5. The summed E-state index contributed by atoms with van der Waals surface area (Å²) >= 11 is 5.72. The van der Waals surface area contributed by atoms with Crippen LogP contribution in [0.4, 0.5) is 14.5 Å². The summed E-state index contributed by atoms with van der Waals surface area (Å²) < 4.78 is 47.5. The lowest BCUT2D eigenvalue weighted by molar-refractivity contribution is 0.234. The molecule has 0 aromatic heterocycles. The molecule has 1 heterocycles. The summed E-state index contributed by atoms with van der Waals surface area (Å²) in [6.45, 7) is 1.75. The molecule has 20 heavy (non-hydrogen) atoms. The number of benzene rings is 1. The van der Waals surface area contributed by atoms with Gasteiger partial charge in [0.2, 0.25) is 9.84 Å². The number of anilines is 1. The maximum absolute atomic E-state index is 12.4. The summed E-state index contributed by atoms with van der Waals surface area (Å²) in [6.07, 6.45) is 2.00. The van der Waals surface area contributed by atoms with E-state index in [9.17, 15) is 17.2 Å². The molecule has 1 aromatic rings. The second kappa shape index (κ2) is 6.26. The molecule has 7 heteroatoms. The fourth-order valence-electron chi connectivity index (χ4n) is 2.41. The predicted molar refractivity (Wildman–Crippen MR) is 75.3 cm³/mol. The molecule has 1 aliphatic rings. The summed E-state index contributed by atoms with van der Waals surface area (Å²) in [7, 11) is -4.51. The van der Waals surface area contributed by atoms with Gasteiger partial charge < -0.3 is 4.90 Å². The van der Waals surface area contributed by atoms with Crippen molar-refractivity contribution in [1.82, 2.24) is 0 Å². The summed E-state index contributed by atoms with van der Waals surface area (Å²) in [4.78, 5) is 1.78. The van der Waals surface area contributed by atoms with Gasteiger partial charge in [0.25, 0.3) is 0 Å². The van der Waals surface area contributed by atoms with Crippen LogP contribution in [0.25, 0.3) is 0 Å². The summed E-state index contributed by atoms with van der Waals surface area (Å²) in [5.41, 5.74) is 0.857. The highest BCUT2D eigenvalue weighted by atomic mass is 35.5. The number of hydrogen-bond donors (Lipinski definition) is 0. The van der Waals surface area contributed by atoms with Gasteiger partial charge in [0, 0.05) is 24.7 Å². The minimum absolute atomic E-state index is 0.340. The van der Waals surface area contributed by atoms with Crippen LogP contribution in [0.15, 0.2) is 29.2 Å². The Morgan fingerprint density at radius 2 is 1.95 bits per heavy atom. The van der Waals surface area contributed by atoms with Crippen LogP contribution in [0.5, 0.6) is 0 Å². The fraction of sp³-hybridized carbons (Fsp3) is 0.538. The third-order valence-electron chi connectivity index (χ3n) is 3.57. The van der Waals surface area contributed by atoms with Gasteiger partial charge in [-0.3, -0.25) is 0 Å². The van der Waals surface area contributed by atoms with E-state index in [1.807, 2.05) is 0 Å². The first kappa shape index (κ1) is 15.5. The van der Waals surface area contributed by atoms with E-state index in [1.165, 1.54) is 12.1 Å². The smallest absolute Gasteiger partial charge is 0.341 e. The summed E-state index contributed by atoms with van der Waals surface area (Å²) in [5, 5.41) is 0. The molecule has 0 saturated carbocycles. The van der Waals surface area contributed by atoms with Crippen molar-refractivity contribution in [3.63, 3.8) is 0 Å². The summed E-state index contributed by atoms with van der Waals surface area (Å²) in [6, 6.07) is 5.65. The number of hydrogen-bond acceptors (Lipinski definition) is 3. The summed E-state index contributed by atoms with van der Waals surface area (Å²) in [5.74, 6) is -2.21. The highest BCUT2D eigenvalue weighted by molar-refractivity contribution is 7.91. The lowest BCUT2D eigenvalue weighted by atomic mass is 10.1. The normalized spacial score (nSPS) is 19.8. The van der Waals surface area contributed by atoms with Gasteiger partial charge in [-0.25, -0.2) is 8.42 Å². The molecule has 0 N–H and O–H groups in total. The second-order valence-electron chi connectivity index (χ2n) is 4.88. The van der Waals surface area contributed by atoms with Crippen LogP contribution in [-0.2, 0) is 9.84 Å². The van der Waals surface area contributed by atoms with Gasteiger partial charge in [0.05, 0.1) is 4.90 Å². The van der Waals surface area contributed by atoms with E-state index in [-0.39, 0.29) is 4.90 Å². The molecule has 0 bridgehead atoms. The first-order valence-electron chi connectivity index (χ1n) is 6.38. The van der Waals surface area contributed by atoms with E-state index in [1.54, 1.807) is 12.1 Å². The fourth-order valence-corrected chi connectivity index (χ4v) is 3.44. The highest BCUT2D eigenvalue weighted by Crippen LogP contribution is 2.27. The van der Waals surface area contributed by atoms with E-state index in [2.05, 4.69) is 4.90 Å². The van der Waals surface area contributed by atoms with E-state index in [0.717, 1.165) is 31.6 Å². The molecule has 1 saturated heterocycles. The van der Waals surface area contributed by atoms with Crippen molar-refractivity contribution >= 4 is 27.1 Å². The Bertz CT molecular complexity index is 548. The highest BCUT2D eigenvalue weighted by Gasteiger charge is 2.27. The van der Waals surface area contributed by atoms with Crippen LogP contribution in [0.3, 0.4) is 0 Å². The van der Waals surface area contributed by atoms with E-state index in [4.69, 9.17) is 11.6 Å². The Morgan fingerprint density at radius 3 is 2.50 bits per heavy atom. The topological polar surface area (TPSA) is 37.4 Å². The van der Waals surface area contributed by atoms with Crippen molar-refractivity contribution in [2.75, 3.05) is 23.9 Å². The minimum Gasteiger partial charge on any atom is -0.371 e. The van der Waals surface area contributed by atoms with Gasteiger partial charge in [-0.15, -0.1) is 11.6 Å². The number of halogens is 3. The minimum atomic E-state index is -4.51. The van der Waals surface area contributed by atoms with Gasteiger partial charge in [-0.2, -0.15) is 8.78 Å². The zero-order chi connectivity index (χ0) is 14.8.